The van der Waals surface area contributed by atoms with Crippen LogP contribution in [0.1, 0.15) is 18.1 Å². The minimum Gasteiger partial charge on any atom is -0.376 e. The third-order valence-electron chi connectivity index (χ3n) is 2.36. The molecule has 0 heterocycles. The first-order valence-corrected chi connectivity index (χ1v) is 5.98. The zero-order chi connectivity index (χ0) is 14.3. The SMILES string of the molecule is C=C(C)COCCNCc1cccc(C(F)(F)F)c1. The molecule has 106 valence electrons. The van der Waals surface area contributed by atoms with Crippen LogP contribution in [0.25, 0.3) is 0 Å². The number of ether oxygens (including phenoxy) is 1. The topological polar surface area (TPSA) is 21.3 Å². The normalized spacial score (nSPS) is 11.6. The van der Waals surface area contributed by atoms with Crippen molar-refractivity contribution in [1.29, 1.82) is 0 Å². The molecule has 0 unspecified atom stereocenters. The third-order valence-corrected chi connectivity index (χ3v) is 2.36. The fraction of sp³-hybridized carbons (Fsp3) is 0.429. The Kier molecular flexibility index (Phi) is 6.05. The van der Waals surface area contributed by atoms with E-state index in [1.165, 1.54) is 6.07 Å². The number of alkyl halides is 3. The Hall–Kier alpha value is -1.33. The summed E-state index contributed by atoms with van der Waals surface area (Å²) in [6.07, 6.45) is -4.29. The molecule has 19 heavy (non-hydrogen) atoms. The Balaban J connectivity index is 2.32. The molecule has 0 saturated carbocycles. The van der Waals surface area contributed by atoms with Gasteiger partial charge in [-0.3, -0.25) is 0 Å². The summed E-state index contributed by atoms with van der Waals surface area (Å²) < 4.78 is 42.7. The lowest BCUT2D eigenvalue weighted by Gasteiger charge is -2.09. The van der Waals surface area contributed by atoms with Crippen LogP contribution >= 0.6 is 0 Å². The van der Waals surface area contributed by atoms with Crippen LogP contribution in [-0.2, 0) is 17.5 Å². The van der Waals surface area contributed by atoms with Crippen LogP contribution in [0.5, 0.6) is 0 Å². The van der Waals surface area contributed by atoms with Gasteiger partial charge in [-0.05, 0) is 18.6 Å². The highest BCUT2D eigenvalue weighted by Crippen LogP contribution is 2.29. The van der Waals surface area contributed by atoms with E-state index in [1.807, 2.05) is 6.92 Å². The average molecular weight is 273 g/mol. The Bertz CT molecular complexity index is 415. The molecule has 1 aromatic carbocycles. The summed E-state index contributed by atoms with van der Waals surface area (Å²) in [5.41, 5.74) is 0.929. The molecule has 0 spiro atoms. The van der Waals surface area contributed by atoms with Crippen molar-refractivity contribution >= 4 is 0 Å². The Labute approximate surface area is 111 Å². The van der Waals surface area contributed by atoms with Crippen molar-refractivity contribution in [1.82, 2.24) is 5.32 Å². The Morgan fingerprint density at radius 1 is 1.37 bits per heavy atom. The quantitative estimate of drug-likeness (QED) is 0.607. The number of hydrogen-bond donors (Lipinski definition) is 1. The highest BCUT2D eigenvalue weighted by atomic mass is 19.4. The molecule has 0 radical (unpaired) electrons. The molecule has 1 N–H and O–H groups in total. The molecule has 0 amide bonds. The fourth-order valence-corrected chi connectivity index (χ4v) is 1.48. The molecule has 1 aromatic rings. The van der Waals surface area contributed by atoms with Crippen molar-refractivity contribution in [3.8, 4) is 0 Å². The second-order valence-corrected chi connectivity index (χ2v) is 4.38. The van der Waals surface area contributed by atoms with Gasteiger partial charge < -0.3 is 10.1 Å². The zero-order valence-corrected chi connectivity index (χ0v) is 10.9. The van der Waals surface area contributed by atoms with Gasteiger partial charge in [0.05, 0.1) is 18.8 Å². The van der Waals surface area contributed by atoms with E-state index in [4.69, 9.17) is 4.74 Å². The van der Waals surface area contributed by atoms with Crippen molar-refractivity contribution in [3.63, 3.8) is 0 Å². The summed E-state index contributed by atoms with van der Waals surface area (Å²) in [6, 6.07) is 5.30. The van der Waals surface area contributed by atoms with E-state index in [2.05, 4.69) is 11.9 Å². The second kappa shape index (κ2) is 7.31. The molecule has 0 bridgehead atoms. The summed E-state index contributed by atoms with van der Waals surface area (Å²) in [6.45, 7) is 7.56. The largest absolute Gasteiger partial charge is 0.416 e. The minimum absolute atomic E-state index is 0.389. The highest BCUT2D eigenvalue weighted by molar-refractivity contribution is 5.25. The van der Waals surface area contributed by atoms with Gasteiger partial charge in [0.15, 0.2) is 0 Å². The molecule has 0 aliphatic heterocycles. The van der Waals surface area contributed by atoms with Crippen LogP contribution in [0.3, 0.4) is 0 Å². The molecular weight excluding hydrogens is 255 g/mol. The van der Waals surface area contributed by atoms with Gasteiger partial charge >= 0.3 is 6.18 Å². The lowest BCUT2D eigenvalue weighted by atomic mass is 10.1. The number of hydrogen-bond acceptors (Lipinski definition) is 2. The summed E-state index contributed by atoms with van der Waals surface area (Å²) in [7, 11) is 0. The van der Waals surface area contributed by atoms with Crippen molar-refractivity contribution < 1.29 is 17.9 Å². The van der Waals surface area contributed by atoms with Crippen LogP contribution < -0.4 is 5.32 Å². The molecule has 0 aliphatic rings. The van der Waals surface area contributed by atoms with E-state index in [0.717, 1.165) is 17.7 Å². The maximum atomic E-state index is 12.5. The maximum absolute atomic E-state index is 12.5. The van der Waals surface area contributed by atoms with Crippen molar-refractivity contribution in [2.45, 2.75) is 19.6 Å². The molecule has 0 aliphatic carbocycles. The smallest absolute Gasteiger partial charge is 0.376 e. The lowest BCUT2D eigenvalue weighted by Crippen LogP contribution is -2.20. The molecule has 0 fully saturated rings. The first kappa shape index (κ1) is 15.7. The van der Waals surface area contributed by atoms with Crippen LogP contribution in [-0.4, -0.2) is 19.8 Å². The number of halogens is 3. The molecule has 1 rings (SSSR count). The molecule has 0 atom stereocenters. The highest BCUT2D eigenvalue weighted by Gasteiger charge is 2.30. The van der Waals surface area contributed by atoms with E-state index < -0.39 is 11.7 Å². The Morgan fingerprint density at radius 3 is 2.74 bits per heavy atom. The lowest BCUT2D eigenvalue weighted by molar-refractivity contribution is -0.137. The molecule has 0 aromatic heterocycles. The first-order valence-electron chi connectivity index (χ1n) is 5.98. The zero-order valence-electron chi connectivity index (χ0n) is 10.9. The summed E-state index contributed by atoms with van der Waals surface area (Å²) >= 11 is 0. The van der Waals surface area contributed by atoms with Gasteiger partial charge in [0.1, 0.15) is 0 Å². The van der Waals surface area contributed by atoms with E-state index in [-0.39, 0.29) is 0 Å². The van der Waals surface area contributed by atoms with E-state index >= 15 is 0 Å². The Morgan fingerprint density at radius 2 is 2.11 bits per heavy atom. The number of benzene rings is 1. The van der Waals surface area contributed by atoms with Crippen LogP contribution in [0, 0.1) is 0 Å². The van der Waals surface area contributed by atoms with Gasteiger partial charge in [-0.15, -0.1) is 0 Å². The number of nitrogens with one attached hydrogen (secondary N) is 1. The van der Waals surface area contributed by atoms with E-state index in [1.54, 1.807) is 6.07 Å². The van der Waals surface area contributed by atoms with Gasteiger partial charge in [0.25, 0.3) is 0 Å². The van der Waals surface area contributed by atoms with Gasteiger partial charge in [-0.1, -0.05) is 30.4 Å². The van der Waals surface area contributed by atoms with Gasteiger partial charge in [-0.2, -0.15) is 13.2 Å². The molecular formula is C14H18F3NO. The molecule has 2 nitrogen and oxygen atoms in total. The summed E-state index contributed by atoms with van der Waals surface area (Å²) in [4.78, 5) is 0. The van der Waals surface area contributed by atoms with Crippen molar-refractivity contribution in [2.24, 2.45) is 0 Å². The summed E-state index contributed by atoms with van der Waals surface area (Å²) in [5, 5.41) is 3.03. The fourth-order valence-electron chi connectivity index (χ4n) is 1.48. The maximum Gasteiger partial charge on any atom is 0.416 e. The first-order chi connectivity index (χ1) is 8.89. The van der Waals surface area contributed by atoms with E-state index in [0.29, 0.717) is 31.9 Å². The standard InChI is InChI=1S/C14H18F3NO/c1-11(2)10-19-7-6-18-9-12-4-3-5-13(8-12)14(15,16)17/h3-5,8,18H,1,6-7,9-10H2,2H3. The average Bonchev–Trinajstić information content (AvgIpc) is 2.32. The second-order valence-electron chi connectivity index (χ2n) is 4.38. The predicted molar refractivity (Wildman–Crippen MR) is 68.8 cm³/mol. The van der Waals surface area contributed by atoms with Crippen molar-refractivity contribution in [3.05, 3.63) is 47.5 Å². The van der Waals surface area contributed by atoms with Crippen molar-refractivity contribution in [2.75, 3.05) is 19.8 Å². The predicted octanol–water partition coefficient (Wildman–Crippen LogP) is 3.39. The summed E-state index contributed by atoms with van der Waals surface area (Å²) in [5.74, 6) is 0. The van der Waals surface area contributed by atoms with E-state index in [9.17, 15) is 13.2 Å². The van der Waals surface area contributed by atoms with Gasteiger partial charge in [0, 0.05) is 13.1 Å². The van der Waals surface area contributed by atoms with Gasteiger partial charge in [0.2, 0.25) is 0 Å². The molecule has 5 heteroatoms. The molecule has 0 saturated heterocycles. The third kappa shape index (κ3) is 6.40. The van der Waals surface area contributed by atoms with Gasteiger partial charge in [-0.25, -0.2) is 0 Å². The number of rotatable bonds is 7. The van der Waals surface area contributed by atoms with Crippen LogP contribution in [0.2, 0.25) is 0 Å². The van der Waals surface area contributed by atoms with Crippen LogP contribution in [0.4, 0.5) is 13.2 Å². The monoisotopic (exact) mass is 273 g/mol. The minimum atomic E-state index is -4.29. The van der Waals surface area contributed by atoms with Crippen LogP contribution in [0.15, 0.2) is 36.4 Å².